The molecule has 0 fully saturated rings. The van der Waals surface area contributed by atoms with E-state index in [1.54, 1.807) is 30.3 Å². The molecule has 0 aliphatic heterocycles. The number of carbonyl (C=O) groups is 1. The van der Waals surface area contributed by atoms with Crippen LogP contribution in [-0.4, -0.2) is 30.9 Å². The molecule has 2 aromatic rings. The largest absolute Gasteiger partial charge is 0.504 e. The molecule has 0 saturated carbocycles. The second-order valence-corrected chi connectivity index (χ2v) is 5.02. The van der Waals surface area contributed by atoms with Crippen molar-refractivity contribution in [3.63, 3.8) is 0 Å². The average molecular weight is 334 g/mol. The summed E-state index contributed by atoms with van der Waals surface area (Å²) in [7, 11) is 1.47. The zero-order chi connectivity index (χ0) is 16.7. The molecule has 0 aliphatic rings. The Morgan fingerprint density at radius 2 is 2.17 bits per heavy atom. The number of ether oxygens (including phenoxy) is 1. The zero-order valence-electron chi connectivity index (χ0n) is 12.4. The highest BCUT2D eigenvalue weighted by atomic mass is 35.5. The molecule has 7 heteroatoms. The number of methoxy groups -OCH3 is 1. The van der Waals surface area contributed by atoms with Crippen LogP contribution < -0.4 is 15.5 Å². The normalized spacial score (nSPS) is 10.5. The van der Waals surface area contributed by atoms with Crippen molar-refractivity contribution in [2.75, 3.05) is 19.0 Å². The number of halogens is 1. The molecule has 2 aromatic carbocycles. The summed E-state index contributed by atoms with van der Waals surface area (Å²) in [5.41, 5.74) is 3.76. The maximum atomic E-state index is 11.7. The van der Waals surface area contributed by atoms with Gasteiger partial charge in [-0.05, 0) is 42.0 Å². The molecule has 0 unspecified atom stereocenters. The predicted octanol–water partition coefficient (Wildman–Crippen LogP) is 2.62. The molecule has 0 spiro atoms. The molecule has 3 N–H and O–H groups in total. The van der Waals surface area contributed by atoms with E-state index in [9.17, 15) is 9.90 Å². The summed E-state index contributed by atoms with van der Waals surface area (Å²) in [6.07, 6.45) is 1.43. The van der Waals surface area contributed by atoms with Crippen molar-refractivity contribution in [2.45, 2.75) is 0 Å². The van der Waals surface area contributed by atoms with Crippen LogP contribution >= 0.6 is 11.6 Å². The first-order chi connectivity index (χ1) is 11.1. The second kappa shape index (κ2) is 8.05. The van der Waals surface area contributed by atoms with Crippen LogP contribution in [0.4, 0.5) is 5.69 Å². The zero-order valence-corrected chi connectivity index (χ0v) is 13.2. The van der Waals surface area contributed by atoms with Gasteiger partial charge in [0.1, 0.15) is 0 Å². The van der Waals surface area contributed by atoms with Crippen LogP contribution in [0.25, 0.3) is 0 Å². The van der Waals surface area contributed by atoms with Crippen LogP contribution in [0.2, 0.25) is 5.02 Å². The first-order valence-corrected chi connectivity index (χ1v) is 7.14. The maximum absolute atomic E-state index is 11.7. The molecule has 0 saturated heterocycles. The van der Waals surface area contributed by atoms with Crippen molar-refractivity contribution < 1.29 is 14.6 Å². The topological polar surface area (TPSA) is 83.0 Å². The molecule has 1 amide bonds. The van der Waals surface area contributed by atoms with Crippen LogP contribution in [-0.2, 0) is 4.79 Å². The van der Waals surface area contributed by atoms with Crippen LogP contribution in [0.5, 0.6) is 11.5 Å². The van der Waals surface area contributed by atoms with Crippen molar-refractivity contribution in [3.05, 3.63) is 53.1 Å². The lowest BCUT2D eigenvalue weighted by Gasteiger charge is -2.05. The van der Waals surface area contributed by atoms with E-state index in [1.807, 2.05) is 6.07 Å². The van der Waals surface area contributed by atoms with E-state index in [0.717, 1.165) is 5.69 Å². The summed E-state index contributed by atoms with van der Waals surface area (Å²) in [5, 5.41) is 17.0. The quantitative estimate of drug-likeness (QED) is 0.560. The van der Waals surface area contributed by atoms with Crippen LogP contribution in [0.3, 0.4) is 0 Å². The first-order valence-electron chi connectivity index (χ1n) is 6.77. The third-order valence-electron chi connectivity index (χ3n) is 2.88. The van der Waals surface area contributed by atoms with Crippen LogP contribution in [0.15, 0.2) is 47.6 Å². The number of aromatic hydroxyl groups is 1. The van der Waals surface area contributed by atoms with Crippen LogP contribution in [0, 0.1) is 0 Å². The summed E-state index contributed by atoms with van der Waals surface area (Å²) < 4.78 is 4.94. The fourth-order valence-corrected chi connectivity index (χ4v) is 1.98. The molecule has 23 heavy (non-hydrogen) atoms. The van der Waals surface area contributed by atoms with E-state index >= 15 is 0 Å². The molecule has 0 radical (unpaired) electrons. The fraction of sp³-hybridized carbons (Fsp3) is 0.125. The Bertz CT molecular complexity index is 719. The van der Waals surface area contributed by atoms with Gasteiger partial charge in [-0.2, -0.15) is 5.10 Å². The Balaban J connectivity index is 1.83. The fourth-order valence-electron chi connectivity index (χ4n) is 1.79. The van der Waals surface area contributed by atoms with E-state index in [-0.39, 0.29) is 18.2 Å². The number of benzene rings is 2. The van der Waals surface area contributed by atoms with Crippen molar-refractivity contribution in [2.24, 2.45) is 5.10 Å². The maximum Gasteiger partial charge on any atom is 0.259 e. The molecule has 6 nitrogen and oxygen atoms in total. The second-order valence-electron chi connectivity index (χ2n) is 4.59. The average Bonchev–Trinajstić information content (AvgIpc) is 2.53. The van der Waals surface area contributed by atoms with Crippen LogP contribution in [0.1, 0.15) is 5.56 Å². The Labute approximate surface area is 138 Å². The molecule has 120 valence electrons. The number of carbonyl (C=O) groups excluding carboxylic acids is 1. The third-order valence-corrected chi connectivity index (χ3v) is 3.12. The minimum atomic E-state index is -0.307. The molecule has 0 atom stereocenters. The molecular weight excluding hydrogens is 318 g/mol. The summed E-state index contributed by atoms with van der Waals surface area (Å²) in [6.45, 7) is 0.0611. The number of hydrazone groups is 1. The van der Waals surface area contributed by atoms with Gasteiger partial charge in [0.25, 0.3) is 5.91 Å². The van der Waals surface area contributed by atoms with Crippen molar-refractivity contribution in [1.29, 1.82) is 0 Å². The van der Waals surface area contributed by atoms with Crippen molar-refractivity contribution in [3.8, 4) is 11.5 Å². The minimum absolute atomic E-state index is 0.00500. The van der Waals surface area contributed by atoms with E-state index in [1.165, 1.54) is 19.4 Å². The minimum Gasteiger partial charge on any atom is -0.504 e. The summed E-state index contributed by atoms with van der Waals surface area (Å²) in [6, 6.07) is 11.9. The highest BCUT2D eigenvalue weighted by Gasteiger charge is 2.02. The Hall–Kier alpha value is -2.73. The molecule has 0 aliphatic carbocycles. The van der Waals surface area contributed by atoms with Gasteiger partial charge in [-0.3, -0.25) is 4.79 Å². The standard InChI is InChI=1S/C16H16ClN3O3/c1-23-15-6-5-11(7-14(15)21)9-19-20-16(22)10-18-13-4-2-3-12(17)8-13/h2-9,18,21H,10H2,1H3,(H,20,22). The molecule has 2 rings (SSSR count). The van der Waals surface area contributed by atoms with Gasteiger partial charge in [-0.1, -0.05) is 17.7 Å². The van der Waals surface area contributed by atoms with Gasteiger partial charge in [0.2, 0.25) is 0 Å². The van der Waals surface area contributed by atoms with Gasteiger partial charge in [0.05, 0.1) is 19.9 Å². The Kier molecular flexibility index (Phi) is 5.82. The SMILES string of the molecule is COc1ccc(C=NNC(=O)CNc2cccc(Cl)c2)cc1O. The number of nitrogens with one attached hydrogen (secondary N) is 2. The molecule has 0 aromatic heterocycles. The first kappa shape index (κ1) is 16.6. The van der Waals surface area contributed by atoms with Crippen molar-refractivity contribution in [1.82, 2.24) is 5.43 Å². The summed E-state index contributed by atoms with van der Waals surface area (Å²) in [4.78, 5) is 11.7. The number of phenolic OH excluding ortho intramolecular Hbond substituents is 1. The number of hydrogen-bond donors (Lipinski definition) is 3. The number of anilines is 1. The molecule has 0 heterocycles. The Morgan fingerprint density at radius 1 is 1.35 bits per heavy atom. The lowest BCUT2D eigenvalue weighted by molar-refractivity contribution is -0.119. The van der Waals surface area contributed by atoms with Gasteiger partial charge in [-0.25, -0.2) is 5.43 Å². The number of hydrogen-bond acceptors (Lipinski definition) is 5. The number of rotatable bonds is 6. The molecular formula is C16H16ClN3O3. The van der Waals surface area contributed by atoms with E-state index in [4.69, 9.17) is 16.3 Å². The lowest BCUT2D eigenvalue weighted by Crippen LogP contribution is -2.25. The summed E-state index contributed by atoms with van der Waals surface area (Å²) in [5.74, 6) is 0.0706. The highest BCUT2D eigenvalue weighted by Crippen LogP contribution is 2.25. The van der Waals surface area contributed by atoms with Gasteiger partial charge >= 0.3 is 0 Å². The smallest absolute Gasteiger partial charge is 0.259 e. The van der Waals surface area contributed by atoms with E-state index in [0.29, 0.717) is 16.3 Å². The van der Waals surface area contributed by atoms with Crippen molar-refractivity contribution >= 4 is 29.4 Å². The third kappa shape index (κ3) is 5.19. The van der Waals surface area contributed by atoms with Gasteiger partial charge in [-0.15, -0.1) is 0 Å². The summed E-state index contributed by atoms with van der Waals surface area (Å²) >= 11 is 5.85. The van der Waals surface area contributed by atoms with Gasteiger partial charge < -0.3 is 15.2 Å². The van der Waals surface area contributed by atoms with Gasteiger partial charge in [0.15, 0.2) is 11.5 Å². The predicted molar refractivity (Wildman–Crippen MR) is 90.3 cm³/mol. The Morgan fingerprint density at radius 3 is 2.87 bits per heavy atom. The lowest BCUT2D eigenvalue weighted by atomic mass is 10.2. The van der Waals surface area contributed by atoms with E-state index < -0.39 is 0 Å². The van der Waals surface area contributed by atoms with E-state index in [2.05, 4.69) is 15.8 Å². The number of amides is 1. The monoisotopic (exact) mass is 333 g/mol. The number of phenols is 1. The van der Waals surface area contributed by atoms with Gasteiger partial charge in [0, 0.05) is 10.7 Å². The number of nitrogens with zero attached hydrogens (tertiary/aromatic N) is 1. The molecule has 0 bridgehead atoms. The highest BCUT2D eigenvalue weighted by molar-refractivity contribution is 6.30.